The van der Waals surface area contributed by atoms with Gasteiger partial charge in [0.15, 0.2) is 0 Å². The van der Waals surface area contributed by atoms with Gasteiger partial charge in [-0.25, -0.2) is 0 Å². The number of unbranched alkanes of at least 4 members (excludes halogenated alkanes) is 2. The predicted octanol–water partition coefficient (Wildman–Crippen LogP) is 2.87. The van der Waals surface area contributed by atoms with Crippen molar-refractivity contribution >= 4 is 11.8 Å². The molecule has 1 atom stereocenters. The Morgan fingerprint density at radius 3 is 2.64 bits per heavy atom. The Morgan fingerprint density at radius 2 is 2.09 bits per heavy atom. The number of hydrogen-bond acceptors (Lipinski definition) is 2. The number of thioether (sulfide) groups is 1. The van der Waals surface area contributed by atoms with Crippen LogP contribution in [0.1, 0.15) is 39.5 Å². The minimum Gasteiger partial charge on any atom is -0.311 e. The van der Waals surface area contributed by atoms with Gasteiger partial charge in [0.05, 0.1) is 0 Å². The Bertz CT molecular complexity index is 76.0. The summed E-state index contributed by atoms with van der Waals surface area (Å²) >= 11 is 2.02. The lowest BCUT2D eigenvalue weighted by atomic mass is 10.2. The van der Waals surface area contributed by atoms with Crippen molar-refractivity contribution in [3.63, 3.8) is 0 Å². The first-order valence-corrected chi connectivity index (χ1v) is 5.62. The lowest BCUT2D eigenvalue weighted by molar-refractivity contribution is 0.664. The van der Waals surface area contributed by atoms with Crippen molar-refractivity contribution in [2.45, 2.75) is 44.8 Å². The fourth-order valence-corrected chi connectivity index (χ4v) is 1.78. The third-order valence-corrected chi connectivity index (χ3v) is 2.99. The maximum Gasteiger partial charge on any atom is 0.0418 e. The molecule has 0 aromatic rings. The lowest BCUT2D eigenvalue weighted by Gasteiger charge is -2.09. The molecule has 0 aromatic carbocycles. The maximum atomic E-state index is 3.15. The first-order valence-electron chi connectivity index (χ1n) is 4.57. The average Bonchev–Trinajstić information content (AvgIpc) is 2.01. The predicted molar refractivity (Wildman–Crippen MR) is 55.1 cm³/mol. The Balaban J connectivity index is 3.02. The fourth-order valence-electron chi connectivity index (χ4n) is 0.991. The van der Waals surface area contributed by atoms with E-state index in [4.69, 9.17) is 0 Å². The molecule has 1 nitrogen and oxygen atoms in total. The summed E-state index contributed by atoms with van der Waals surface area (Å²) in [5, 5.41) is 3.98. The van der Waals surface area contributed by atoms with E-state index >= 15 is 0 Å². The second-order valence-corrected chi connectivity index (χ2v) is 4.40. The molecule has 0 saturated heterocycles. The normalized spacial score (nSPS) is 13.4. The molecule has 1 N–H and O–H groups in total. The topological polar surface area (TPSA) is 12.0 Å². The summed E-state index contributed by atoms with van der Waals surface area (Å²) in [5.41, 5.74) is 0. The first kappa shape index (κ1) is 11.3. The van der Waals surface area contributed by atoms with Gasteiger partial charge in [-0.15, -0.1) is 11.8 Å². The van der Waals surface area contributed by atoms with Crippen LogP contribution in [0.2, 0.25) is 0 Å². The smallest absolute Gasteiger partial charge is 0.0418 e. The molecule has 0 bridgehead atoms. The molecule has 11 heavy (non-hydrogen) atoms. The molecule has 0 radical (unpaired) electrons. The monoisotopic (exact) mass is 175 g/mol. The molecular formula is C9H21NS. The highest BCUT2D eigenvalue weighted by atomic mass is 32.2. The van der Waals surface area contributed by atoms with Gasteiger partial charge in [0.2, 0.25) is 0 Å². The molecule has 0 heterocycles. The van der Waals surface area contributed by atoms with Crippen molar-refractivity contribution in [2.75, 3.05) is 12.9 Å². The van der Waals surface area contributed by atoms with E-state index in [0.29, 0.717) is 0 Å². The van der Waals surface area contributed by atoms with Gasteiger partial charge in [-0.05, 0) is 13.5 Å². The Morgan fingerprint density at radius 1 is 1.36 bits per heavy atom. The SMILES string of the molecule is CCCCCC(C)SCNC. The third-order valence-electron chi connectivity index (χ3n) is 1.73. The largest absolute Gasteiger partial charge is 0.311 e. The van der Waals surface area contributed by atoms with Gasteiger partial charge < -0.3 is 5.32 Å². The van der Waals surface area contributed by atoms with Crippen molar-refractivity contribution < 1.29 is 0 Å². The van der Waals surface area contributed by atoms with E-state index in [1.54, 1.807) is 0 Å². The maximum absolute atomic E-state index is 3.15. The molecule has 0 amide bonds. The Kier molecular flexibility index (Phi) is 8.64. The van der Waals surface area contributed by atoms with Crippen molar-refractivity contribution in [2.24, 2.45) is 0 Å². The standard InChI is InChI=1S/C9H21NS/c1-4-5-6-7-9(2)11-8-10-3/h9-10H,4-8H2,1-3H3. The summed E-state index contributed by atoms with van der Waals surface area (Å²) in [7, 11) is 2.01. The molecule has 0 aliphatic heterocycles. The highest BCUT2D eigenvalue weighted by Gasteiger charge is 1.99. The van der Waals surface area contributed by atoms with Crippen LogP contribution in [-0.4, -0.2) is 18.2 Å². The highest BCUT2D eigenvalue weighted by Crippen LogP contribution is 2.15. The fraction of sp³-hybridized carbons (Fsp3) is 1.00. The quantitative estimate of drug-likeness (QED) is 0.472. The molecule has 0 fully saturated rings. The van der Waals surface area contributed by atoms with E-state index in [1.165, 1.54) is 25.7 Å². The second-order valence-electron chi connectivity index (χ2n) is 2.97. The van der Waals surface area contributed by atoms with Crippen LogP contribution in [0.4, 0.5) is 0 Å². The third kappa shape index (κ3) is 8.21. The molecule has 0 aliphatic carbocycles. The molecular weight excluding hydrogens is 154 g/mol. The van der Waals surface area contributed by atoms with Gasteiger partial charge in [-0.3, -0.25) is 0 Å². The van der Waals surface area contributed by atoms with E-state index in [2.05, 4.69) is 19.2 Å². The van der Waals surface area contributed by atoms with Crippen molar-refractivity contribution in [3.05, 3.63) is 0 Å². The zero-order chi connectivity index (χ0) is 8.53. The van der Waals surface area contributed by atoms with Crippen LogP contribution in [0.25, 0.3) is 0 Å². The molecule has 0 aliphatic rings. The Labute approximate surface area is 75.3 Å². The summed E-state index contributed by atoms with van der Waals surface area (Å²) in [4.78, 5) is 0. The van der Waals surface area contributed by atoms with Gasteiger partial charge in [0.25, 0.3) is 0 Å². The summed E-state index contributed by atoms with van der Waals surface area (Å²) < 4.78 is 0. The summed E-state index contributed by atoms with van der Waals surface area (Å²) in [6, 6.07) is 0. The molecule has 2 heteroatoms. The van der Waals surface area contributed by atoms with Gasteiger partial charge in [0.1, 0.15) is 0 Å². The van der Waals surface area contributed by atoms with Crippen LogP contribution in [0.3, 0.4) is 0 Å². The van der Waals surface area contributed by atoms with Crippen LogP contribution in [0, 0.1) is 0 Å². The number of rotatable bonds is 7. The zero-order valence-electron chi connectivity index (χ0n) is 8.02. The van der Waals surface area contributed by atoms with Crippen LogP contribution in [-0.2, 0) is 0 Å². The lowest BCUT2D eigenvalue weighted by Crippen LogP contribution is -2.08. The van der Waals surface area contributed by atoms with Gasteiger partial charge >= 0.3 is 0 Å². The molecule has 68 valence electrons. The second kappa shape index (κ2) is 8.41. The van der Waals surface area contributed by atoms with Crippen LogP contribution in [0.5, 0.6) is 0 Å². The molecule has 0 rings (SSSR count). The van der Waals surface area contributed by atoms with Gasteiger partial charge in [-0.1, -0.05) is 33.1 Å². The molecule has 0 saturated carbocycles. The number of nitrogens with one attached hydrogen (secondary N) is 1. The van der Waals surface area contributed by atoms with Crippen LogP contribution in [0.15, 0.2) is 0 Å². The minimum absolute atomic E-state index is 0.828. The molecule has 1 unspecified atom stereocenters. The van der Waals surface area contributed by atoms with Gasteiger partial charge in [0, 0.05) is 11.1 Å². The van der Waals surface area contributed by atoms with Crippen molar-refractivity contribution in [3.8, 4) is 0 Å². The van der Waals surface area contributed by atoms with E-state index in [-0.39, 0.29) is 0 Å². The minimum atomic E-state index is 0.828. The summed E-state index contributed by atoms with van der Waals surface area (Å²) in [5.74, 6) is 1.09. The molecule has 0 spiro atoms. The van der Waals surface area contributed by atoms with Crippen LogP contribution >= 0.6 is 11.8 Å². The van der Waals surface area contributed by atoms with E-state index in [0.717, 1.165) is 11.1 Å². The summed E-state index contributed by atoms with van der Waals surface area (Å²) in [6.07, 6.45) is 5.50. The van der Waals surface area contributed by atoms with Crippen molar-refractivity contribution in [1.82, 2.24) is 5.32 Å². The summed E-state index contributed by atoms with van der Waals surface area (Å²) in [6.45, 7) is 4.57. The van der Waals surface area contributed by atoms with Crippen molar-refractivity contribution in [1.29, 1.82) is 0 Å². The van der Waals surface area contributed by atoms with E-state index in [1.807, 2.05) is 18.8 Å². The van der Waals surface area contributed by atoms with Crippen LogP contribution < -0.4 is 5.32 Å². The van der Waals surface area contributed by atoms with E-state index in [9.17, 15) is 0 Å². The first-order chi connectivity index (χ1) is 5.31. The van der Waals surface area contributed by atoms with E-state index < -0.39 is 0 Å². The zero-order valence-corrected chi connectivity index (χ0v) is 8.84. The van der Waals surface area contributed by atoms with Gasteiger partial charge in [-0.2, -0.15) is 0 Å². The number of hydrogen-bond donors (Lipinski definition) is 1. The highest BCUT2D eigenvalue weighted by molar-refractivity contribution is 7.99. The average molecular weight is 175 g/mol. The Hall–Kier alpha value is 0.310. The molecule has 0 aromatic heterocycles.